The topological polar surface area (TPSA) is 66.4 Å². The van der Waals surface area contributed by atoms with E-state index in [0.29, 0.717) is 12.1 Å². The summed E-state index contributed by atoms with van der Waals surface area (Å²) in [6.45, 7) is 6.06. The summed E-state index contributed by atoms with van der Waals surface area (Å²) < 4.78 is 0. The highest BCUT2D eigenvalue weighted by Crippen LogP contribution is 2.20. The maximum absolute atomic E-state index is 11.8. The van der Waals surface area contributed by atoms with E-state index in [-0.39, 0.29) is 18.2 Å². The first-order chi connectivity index (χ1) is 7.90. The first-order valence-electron chi connectivity index (χ1n) is 5.47. The van der Waals surface area contributed by atoms with Crippen LogP contribution >= 0.6 is 11.3 Å². The number of amides is 1. The Bertz CT molecular complexity index is 425. The molecule has 1 aromatic heterocycles. The lowest BCUT2D eigenvalue weighted by Crippen LogP contribution is -2.29. The molecule has 0 spiro atoms. The van der Waals surface area contributed by atoms with E-state index in [9.17, 15) is 9.59 Å². The molecule has 0 saturated heterocycles. The van der Waals surface area contributed by atoms with Gasteiger partial charge in [-0.2, -0.15) is 0 Å². The molecule has 1 aromatic rings. The first kappa shape index (κ1) is 13.7. The highest BCUT2D eigenvalue weighted by atomic mass is 32.1. The van der Waals surface area contributed by atoms with E-state index in [1.165, 1.54) is 0 Å². The van der Waals surface area contributed by atoms with E-state index >= 15 is 0 Å². The number of nitrogens with one attached hydrogen (secondary N) is 1. The van der Waals surface area contributed by atoms with Crippen LogP contribution in [0.25, 0.3) is 0 Å². The van der Waals surface area contributed by atoms with Gasteiger partial charge in [-0.25, -0.2) is 0 Å². The molecule has 0 bridgehead atoms. The Morgan fingerprint density at radius 3 is 2.59 bits per heavy atom. The van der Waals surface area contributed by atoms with Crippen LogP contribution in [0, 0.1) is 19.8 Å². The second-order valence-corrected chi connectivity index (χ2v) is 5.70. The Balaban J connectivity index is 2.50. The predicted octanol–water partition coefficient (Wildman–Crippen LogP) is 2.21. The number of aliphatic carboxylic acids is 1. The van der Waals surface area contributed by atoms with Gasteiger partial charge in [0.25, 0.3) is 5.91 Å². The number of carboxylic acid groups (broad SMARTS) is 1. The van der Waals surface area contributed by atoms with Crippen molar-refractivity contribution in [2.45, 2.75) is 27.2 Å². The van der Waals surface area contributed by atoms with Gasteiger partial charge in [-0.15, -0.1) is 11.3 Å². The van der Waals surface area contributed by atoms with Crippen LogP contribution in [0.15, 0.2) is 6.07 Å². The zero-order valence-corrected chi connectivity index (χ0v) is 11.1. The average molecular weight is 255 g/mol. The molecule has 4 nitrogen and oxygen atoms in total. The lowest BCUT2D eigenvalue weighted by Gasteiger charge is -2.10. The van der Waals surface area contributed by atoms with Crippen molar-refractivity contribution in [3.8, 4) is 0 Å². The smallest absolute Gasteiger partial charge is 0.303 e. The Labute approximate surface area is 105 Å². The van der Waals surface area contributed by atoms with E-state index in [2.05, 4.69) is 5.32 Å². The molecule has 0 saturated carbocycles. The van der Waals surface area contributed by atoms with Gasteiger partial charge in [0.05, 0.1) is 5.56 Å². The molecule has 1 rings (SSSR count). The van der Waals surface area contributed by atoms with Crippen molar-refractivity contribution in [3.63, 3.8) is 0 Å². The summed E-state index contributed by atoms with van der Waals surface area (Å²) in [4.78, 5) is 24.4. The van der Waals surface area contributed by atoms with Crippen molar-refractivity contribution in [3.05, 3.63) is 21.4 Å². The van der Waals surface area contributed by atoms with Crippen LogP contribution in [0.3, 0.4) is 0 Å². The van der Waals surface area contributed by atoms with Gasteiger partial charge >= 0.3 is 5.97 Å². The van der Waals surface area contributed by atoms with Crippen molar-refractivity contribution >= 4 is 23.2 Å². The Morgan fingerprint density at radius 1 is 1.47 bits per heavy atom. The molecule has 0 fully saturated rings. The minimum atomic E-state index is -0.839. The van der Waals surface area contributed by atoms with Crippen molar-refractivity contribution in [1.82, 2.24) is 5.32 Å². The van der Waals surface area contributed by atoms with Gasteiger partial charge < -0.3 is 10.4 Å². The van der Waals surface area contributed by atoms with Crippen LogP contribution in [0.4, 0.5) is 0 Å². The lowest BCUT2D eigenvalue weighted by atomic mass is 10.1. The SMILES string of the molecule is Cc1cc(C(=O)NCC(C)CC(=O)O)c(C)s1. The van der Waals surface area contributed by atoms with Crippen LogP contribution in [-0.4, -0.2) is 23.5 Å². The second kappa shape index (κ2) is 5.82. The fourth-order valence-electron chi connectivity index (χ4n) is 1.59. The summed E-state index contributed by atoms with van der Waals surface area (Å²) in [5, 5.41) is 11.4. The zero-order chi connectivity index (χ0) is 13.0. The maximum Gasteiger partial charge on any atom is 0.303 e. The molecule has 0 aliphatic rings. The Morgan fingerprint density at radius 2 is 2.12 bits per heavy atom. The first-order valence-corrected chi connectivity index (χ1v) is 6.28. The molecular formula is C12H17NO3S. The second-order valence-electron chi connectivity index (χ2n) is 4.24. The number of hydrogen-bond donors (Lipinski definition) is 2. The number of thiophene rings is 1. The molecule has 0 aliphatic heterocycles. The molecule has 1 atom stereocenters. The molecule has 5 heteroatoms. The minimum Gasteiger partial charge on any atom is -0.481 e. The molecule has 1 heterocycles. The highest BCUT2D eigenvalue weighted by molar-refractivity contribution is 7.12. The zero-order valence-electron chi connectivity index (χ0n) is 10.2. The highest BCUT2D eigenvalue weighted by Gasteiger charge is 2.13. The largest absolute Gasteiger partial charge is 0.481 e. The molecule has 1 amide bonds. The van der Waals surface area contributed by atoms with Crippen molar-refractivity contribution < 1.29 is 14.7 Å². The van der Waals surface area contributed by atoms with Crippen LogP contribution < -0.4 is 5.32 Å². The molecule has 1 unspecified atom stereocenters. The summed E-state index contributed by atoms with van der Waals surface area (Å²) in [6, 6.07) is 1.86. The average Bonchev–Trinajstić information content (AvgIpc) is 2.53. The monoisotopic (exact) mass is 255 g/mol. The number of hydrogen-bond acceptors (Lipinski definition) is 3. The van der Waals surface area contributed by atoms with E-state index in [4.69, 9.17) is 5.11 Å². The van der Waals surface area contributed by atoms with Gasteiger partial charge in [-0.3, -0.25) is 9.59 Å². The fourth-order valence-corrected chi connectivity index (χ4v) is 2.51. The van der Waals surface area contributed by atoms with Crippen LogP contribution in [0.2, 0.25) is 0 Å². The molecule has 17 heavy (non-hydrogen) atoms. The van der Waals surface area contributed by atoms with E-state index in [1.54, 1.807) is 18.3 Å². The fraction of sp³-hybridized carbons (Fsp3) is 0.500. The number of carbonyl (C=O) groups excluding carboxylic acids is 1. The maximum atomic E-state index is 11.8. The molecule has 0 radical (unpaired) electrons. The van der Waals surface area contributed by atoms with Gasteiger partial charge in [0.2, 0.25) is 0 Å². The normalized spacial score (nSPS) is 12.2. The third-order valence-electron chi connectivity index (χ3n) is 2.42. The summed E-state index contributed by atoms with van der Waals surface area (Å²) in [5.41, 5.74) is 0.690. The van der Waals surface area contributed by atoms with Crippen molar-refractivity contribution in [1.29, 1.82) is 0 Å². The molecule has 0 aliphatic carbocycles. The third kappa shape index (κ3) is 4.19. The Kier molecular flexibility index (Phi) is 4.69. The van der Waals surface area contributed by atoms with Gasteiger partial charge in [-0.1, -0.05) is 6.92 Å². The summed E-state index contributed by atoms with van der Waals surface area (Å²) >= 11 is 1.59. The molecular weight excluding hydrogens is 238 g/mol. The standard InChI is InChI=1S/C12H17NO3S/c1-7(4-11(14)15)6-13-12(16)10-5-8(2)17-9(10)3/h5,7H,4,6H2,1-3H3,(H,13,16)(H,14,15). The van der Waals surface area contributed by atoms with Crippen molar-refractivity contribution in [2.75, 3.05) is 6.54 Å². The van der Waals surface area contributed by atoms with E-state index in [0.717, 1.165) is 9.75 Å². The van der Waals surface area contributed by atoms with E-state index < -0.39 is 5.97 Å². The predicted molar refractivity (Wildman–Crippen MR) is 67.5 cm³/mol. The summed E-state index contributed by atoms with van der Waals surface area (Å²) in [5.74, 6) is -1.02. The summed E-state index contributed by atoms with van der Waals surface area (Å²) in [6.07, 6.45) is 0.0714. The molecule has 0 aromatic carbocycles. The molecule has 94 valence electrons. The van der Waals surface area contributed by atoms with Crippen LogP contribution in [-0.2, 0) is 4.79 Å². The van der Waals surface area contributed by atoms with Gasteiger partial charge in [0.15, 0.2) is 0 Å². The van der Waals surface area contributed by atoms with Gasteiger partial charge in [-0.05, 0) is 25.8 Å². The van der Waals surface area contributed by atoms with Crippen molar-refractivity contribution in [2.24, 2.45) is 5.92 Å². The van der Waals surface area contributed by atoms with Gasteiger partial charge in [0, 0.05) is 22.7 Å². The minimum absolute atomic E-state index is 0.0588. The third-order valence-corrected chi connectivity index (χ3v) is 3.39. The molecule has 2 N–H and O–H groups in total. The number of rotatable bonds is 5. The van der Waals surface area contributed by atoms with Crippen LogP contribution in [0.1, 0.15) is 33.5 Å². The summed E-state index contributed by atoms with van der Waals surface area (Å²) in [7, 11) is 0. The number of carboxylic acids is 1. The number of aryl methyl sites for hydroxylation is 2. The lowest BCUT2D eigenvalue weighted by molar-refractivity contribution is -0.137. The van der Waals surface area contributed by atoms with Gasteiger partial charge in [0.1, 0.15) is 0 Å². The van der Waals surface area contributed by atoms with Crippen LogP contribution in [0.5, 0.6) is 0 Å². The van der Waals surface area contributed by atoms with E-state index in [1.807, 2.05) is 19.9 Å². The Hall–Kier alpha value is -1.36. The quantitative estimate of drug-likeness (QED) is 0.847. The number of carbonyl (C=O) groups is 2.